The van der Waals surface area contributed by atoms with Crippen molar-refractivity contribution in [2.24, 2.45) is 7.05 Å². The number of nitrogens with zero attached hydrogens (tertiary/aromatic N) is 4. The lowest BCUT2D eigenvalue weighted by Crippen LogP contribution is -2.23. The van der Waals surface area contributed by atoms with Crippen LogP contribution in [0.2, 0.25) is 0 Å². The standard InChI is InChI=1S/C15H17N5O2S2/c1-8-12(9(2)20(4)19-8)16-13(21)10(3)24-15-18-17-14(22-15)11-6-5-7-23-11/h5-7,10H,1-4H3,(H,16,21)/t10-/m0/s1. The highest BCUT2D eigenvalue weighted by molar-refractivity contribution is 8.00. The van der Waals surface area contributed by atoms with Crippen molar-refractivity contribution < 1.29 is 9.21 Å². The SMILES string of the molecule is Cc1nn(C)c(C)c1NC(=O)[C@H](C)Sc1nnc(-c2cccs2)o1. The van der Waals surface area contributed by atoms with E-state index in [4.69, 9.17) is 4.42 Å². The van der Waals surface area contributed by atoms with Gasteiger partial charge in [0.15, 0.2) is 0 Å². The van der Waals surface area contributed by atoms with Crippen molar-refractivity contribution in [1.29, 1.82) is 0 Å². The molecule has 0 aliphatic heterocycles. The lowest BCUT2D eigenvalue weighted by molar-refractivity contribution is -0.115. The second kappa shape index (κ2) is 6.78. The quantitative estimate of drug-likeness (QED) is 0.700. The van der Waals surface area contributed by atoms with Gasteiger partial charge in [-0.15, -0.1) is 21.5 Å². The van der Waals surface area contributed by atoms with Gasteiger partial charge in [0.1, 0.15) is 0 Å². The van der Waals surface area contributed by atoms with E-state index in [9.17, 15) is 4.79 Å². The zero-order chi connectivity index (χ0) is 17.3. The fraction of sp³-hybridized carbons (Fsp3) is 0.333. The first-order chi connectivity index (χ1) is 11.5. The van der Waals surface area contributed by atoms with Gasteiger partial charge in [0.2, 0.25) is 5.91 Å². The Morgan fingerprint density at radius 3 is 2.83 bits per heavy atom. The largest absolute Gasteiger partial charge is 0.410 e. The summed E-state index contributed by atoms with van der Waals surface area (Å²) < 4.78 is 7.35. The number of amides is 1. The highest BCUT2D eigenvalue weighted by Crippen LogP contribution is 2.29. The minimum Gasteiger partial charge on any atom is -0.410 e. The van der Waals surface area contributed by atoms with Crippen LogP contribution in [0, 0.1) is 13.8 Å². The second-order valence-corrected chi connectivity index (χ2v) is 7.51. The van der Waals surface area contributed by atoms with Gasteiger partial charge in [-0.1, -0.05) is 17.8 Å². The first-order valence-corrected chi connectivity index (χ1v) is 9.06. The number of anilines is 1. The van der Waals surface area contributed by atoms with Crippen LogP contribution >= 0.6 is 23.1 Å². The average Bonchev–Trinajstić information content (AvgIpc) is 3.25. The van der Waals surface area contributed by atoms with Crippen molar-refractivity contribution in [3.63, 3.8) is 0 Å². The van der Waals surface area contributed by atoms with E-state index in [1.54, 1.807) is 11.6 Å². The first kappa shape index (κ1) is 16.7. The molecule has 3 heterocycles. The molecule has 9 heteroatoms. The zero-order valence-corrected chi connectivity index (χ0v) is 15.4. The number of nitrogens with one attached hydrogen (secondary N) is 1. The van der Waals surface area contributed by atoms with Gasteiger partial charge in [-0.05, 0) is 32.2 Å². The van der Waals surface area contributed by atoms with Gasteiger partial charge in [0.25, 0.3) is 11.1 Å². The van der Waals surface area contributed by atoms with Crippen LogP contribution in [0.4, 0.5) is 5.69 Å². The molecule has 0 aromatic carbocycles. The number of carbonyl (C=O) groups is 1. The Balaban J connectivity index is 1.66. The van der Waals surface area contributed by atoms with Crippen LogP contribution in [-0.2, 0) is 11.8 Å². The Morgan fingerprint density at radius 1 is 1.42 bits per heavy atom. The van der Waals surface area contributed by atoms with E-state index in [2.05, 4.69) is 20.6 Å². The zero-order valence-electron chi connectivity index (χ0n) is 13.7. The summed E-state index contributed by atoms with van der Waals surface area (Å²) in [6, 6.07) is 3.84. The van der Waals surface area contributed by atoms with Crippen molar-refractivity contribution in [3.05, 3.63) is 28.9 Å². The molecule has 24 heavy (non-hydrogen) atoms. The molecule has 3 aromatic rings. The maximum absolute atomic E-state index is 12.4. The normalized spacial score (nSPS) is 12.3. The number of aromatic nitrogens is 4. The lowest BCUT2D eigenvalue weighted by Gasteiger charge is -2.10. The molecule has 1 N–H and O–H groups in total. The predicted octanol–water partition coefficient (Wildman–Crippen LogP) is 3.27. The maximum atomic E-state index is 12.4. The molecular weight excluding hydrogens is 346 g/mol. The van der Waals surface area contributed by atoms with E-state index in [1.807, 2.05) is 38.4 Å². The van der Waals surface area contributed by atoms with E-state index in [-0.39, 0.29) is 11.2 Å². The first-order valence-electron chi connectivity index (χ1n) is 7.31. The third-order valence-electron chi connectivity index (χ3n) is 3.54. The Morgan fingerprint density at radius 2 is 2.21 bits per heavy atom. The Hall–Kier alpha value is -2.13. The number of thiophene rings is 1. The molecule has 1 amide bonds. The van der Waals surface area contributed by atoms with Crippen LogP contribution in [0.3, 0.4) is 0 Å². The third kappa shape index (κ3) is 3.36. The van der Waals surface area contributed by atoms with Crippen molar-refractivity contribution >= 4 is 34.7 Å². The molecule has 0 saturated carbocycles. The molecule has 1 atom stereocenters. The summed E-state index contributed by atoms with van der Waals surface area (Å²) in [7, 11) is 1.85. The molecule has 0 spiro atoms. The van der Waals surface area contributed by atoms with Crippen molar-refractivity contribution in [3.8, 4) is 10.8 Å². The number of thioether (sulfide) groups is 1. The summed E-state index contributed by atoms with van der Waals surface area (Å²) >= 11 is 2.76. The molecular formula is C15H17N5O2S2. The molecule has 0 radical (unpaired) electrons. The molecule has 7 nitrogen and oxygen atoms in total. The topological polar surface area (TPSA) is 85.8 Å². The Kier molecular flexibility index (Phi) is 4.72. The Bertz CT molecular complexity index is 853. The summed E-state index contributed by atoms with van der Waals surface area (Å²) in [6.45, 7) is 5.58. The third-order valence-corrected chi connectivity index (χ3v) is 5.33. The molecule has 0 saturated heterocycles. The van der Waals surface area contributed by atoms with Gasteiger partial charge in [0, 0.05) is 7.05 Å². The van der Waals surface area contributed by atoms with Crippen molar-refractivity contribution in [2.75, 3.05) is 5.32 Å². The van der Waals surface area contributed by atoms with Crippen LogP contribution in [0.15, 0.2) is 27.2 Å². The van der Waals surface area contributed by atoms with Crippen LogP contribution in [-0.4, -0.2) is 31.1 Å². The minimum absolute atomic E-state index is 0.130. The molecule has 0 fully saturated rings. The molecule has 0 aliphatic carbocycles. The van der Waals surface area contributed by atoms with E-state index in [0.717, 1.165) is 22.0 Å². The molecule has 0 bridgehead atoms. The number of hydrogen-bond acceptors (Lipinski definition) is 7. The molecule has 3 rings (SSSR count). The summed E-state index contributed by atoms with van der Waals surface area (Å²) in [4.78, 5) is 13.3. The number of hydrogen-bond donors (Lipinski definition) is 1. The Labute approximate surface area is 147 Å². The maximum Gasteiger partial charge on any atom is 0.277 e. The van der Waals surface area contributed by atoms with Crippen LogP contribution in [0.5, 0.6) is 0 Å². The van der Waals surface area contributed by atoms with Crippen LogP contribution < -0.4 is 5.32 Å². The fourth-order valence-corrected chi connectivity index (χ4v) is 3.47. The molecule has 0 aliphatic rings. The van der Waals surface area contributed by atoms with E-state index >= 15 is 0 Å². The van der Waals surface area contributed by atoms with Crippen LogP contribution in [0.25, 0.3) is 10.8 Å². The monoisotopic (exact) mass is 363 g/mol. The summed E-state index contributed by atoms with van der Waals surface area (Å²) in [6.07, 6.45) is 0. The highest BCUT2D eigenvalue weighted by atomic mass is 32.2. The smallest absolute Gasteiger partial charge is 0.277 e. The summed E-state index contributed by atoms with van der Waals surface area (Å²) in [5.41, 5.74) is 2.45. The van der Waals surface area contributed by atoms with Gasteiger partial charge in [0.05, 0.1) is 27.2 Å². The van der Waals surface area contributed by atoms with Crippen molar-refractivity contribution in [1.82, 2.24) is 20.0 Å². The van der Waals surface area contributed by atoms with Crippen LogP contribution in [0.1, 0.15) is 18.3 Å². The van der Waals surface area contributed by atoms with Crippen molar-refractivity contribution in [2.45, 2.75) is 31.2 Å². The molecule has 0 unspecified atom stereocenters. The predicted molar refractivity (Wildman–Crippen MR) is 94.2 cm³/mol. The van der Waals surface area contributed by atoms with Gasteiger partial charge >= 0.3 is 0 Å². The van der Waals surface area contributed by atoms with E-state index in [0.29, 0.717) is 11.1 Å². The highest BCUT2D eigenvalue weighted by Gasteiger charge is 2.21. The van der Waals surface area contributed by atoms with Gasteiger partial charge in [-0.25, -0.2) is 0 Å². The molecule has 3 aromatic heterocycles. The summed E-state index contributed by atoms with van der Waals surface area (Å²) in [5, 5.41) is 17.2. The second-order valence-electron chi connectivity index (χ2n) is 5.27. The number of rotatable bonds is 5. The minimum atomic E-state index is -0.374. The summed E-state index contributed by atoms with van der Waals surface area (Å²) in [5.74, 6) is 0.342. The van der Waals surface area contributed by atoms with E-state index in [1.165, 1.54) is 23.1 Å². The average molecular weight is 363 g/mol. The van der Waals surface area contributed by atoms with Gasteiger partial charge in [-0.2, -0.15) is 5.10 Å². The fourth-order valence-electron chi connectivity index (χ4n) is 2.14. The van der Waals surface area contributed by atoms with Gasteiger partial charge < -0.3 is 9.73 Å². The van der Waals surface area contributed by atoms with E-state index < -0.39 is 0 Å². The number of carbonyl (C=O) groups excluding carboxylic acids is 1. The molecule has 126 valence electrons. The van der Waals surface area contributed by atoms with Gasteiger partial charge in [-0.3, -0.25) is 9.48 Å². The number of aryl methyl sites for hydroxylation is 2. The lowest BCUT2D eigenvalue weighted by atomic mass is 10.3.